The summed E-state index contributed by atoms with van der Waals surface area (Å²) >= 11 is 9.06. The van der Waals surface area contributed by atoms with Crippen LogP contribution in [-0.4, -0.2) is 7.11 Å². The van der Waals surface area contributed by atoms with Crippen LogP contribution in [0.4, 0.5) is 14.5 Å². The minimum Gasteiger partial charge on any atom is -0.495 e. The van der Waals surface area contributed by atoms with Crippen molar-refractivity contribution in [3.05, 3.63) is 56.5 Å². The Bertz CT molecular complexity index is 679. The summed E-state index contributed by atoms with van der Waals surface area (Å²) in [5, 5.41) is 3.54. The smallest absolute Gasteiger partial charge is 0.145 e. The monoisotopic (exact) mass is 375 g/mol. The molecule has 0 unspecified atom stereocenters. The van der Waals surface area contributed by atoms with Gasteiger partial charge in [0, 0.05) is 23.2 Å². The summed E-state index contributed by atoms with van der Waals surface area (Å²) in [6, 6.07) is 5.98. The molecule has 21 heavy (non-hydrogen) atoms. The molecule has 2 aromatic rings. The highest BCUT2D eigenvalue weighted by molar-refractivity contribution is 9.10. The predicted octanol–water partition coefficient (Wildman–Crippen LogP) is 5.31. The molecule has 0 aromatic heterocycles. The maximum Gasteiger partial charge on any atom is 0.145 e. The highest BCUT2D eigenvalue weighted by Crippen LogP contribution is 2.32. The molecule has 0 spiro atoms. The minimum absolute atomic E-state index is 0.00542. The van der Waals surface area contributed by atoms with Crippen LogP contribution in [0, 0.1) is 18.6 Å². The number of rotatable bonds is 4. The van der Waals surface area contributed by atoms with Crippen molar-refractivity contribution in [1.82, 2.24) is 0 Å². The van der Waals surface area contributed by atoms with Gasteiger partial charge in [0.15, 0.2) is 0 Å². The first-order valence-electron chi connectivity index (χ1n) is 6.14. The quantitative estimate of drug-likeness (QED) is 0.730. The lowest BCUT2D eigenvalue weighted by atomic mass is 10.1. The molecule has 0 saturated carbocycles. The van der Waals surface area contributed by atoms with Gasteiger partial charge in [-0.15, -0.1) is 0 Å². The van der Waals surface area contributed by atoms with Gasteiger partial charge < -0.3 is 10.1 Å². The fourth-order valence-electron chi connectivity index (χ4n) is 1.89. The van der Waals surface area contributed by atoms with E-state index in [9.17, 15) is 8.78 Å². The van der Waals surface area contributed by atoms with Gasteiger partial charge in [0.25, 0.3) is 0 Å². The Labute approximate surface area is 135 Å². The number of ether oxygens (including phenoxy) is 1. The molecule has 2 rings (SSSR count). The molecular weight excluding hydrogens is 364 g/mol. The van der Waals surface area contributed by atoms with Gasteiger partial charge in [-0.1, -0.05) is 11.6 Å². The molecule has 0 fully saturated rings. The van der Waals surface area contributed by atoms with Crippen molar-refractivity contribution in [2.75, 3.05) is 12.4 Å². The third kappa shape index (κ3) is 3.47. The Morgan fingerprint density at radius 3 is 2.67 bits per heavy atom. The molecule has 112 valence electrons. The summed E-state index contributed by atoms with van der Waals surface area (Å²) in [6.07, 6.45) is 0. The third-order valence-electron chi connectivity index (χ3n) is 3.08. The molecule has 0 aliphatic carbocycles. The number of halogens is 4. The second kappa shape index (κ2) is 6.62. The average molecular weight is 377 g/mol. The number of aryl methyl sites for hydroxylation is 1. The Kier molecular flexibility index (Phi) is 5.06. The Balaban J connectivity index is 2.29. The summed E-state index contributed by atoms with van der Waals surface area (Å²) in [6.45, 7) is 1.84. The molecule has 2 nitrogen and oxygen atoms in total. The molecule has 0 atom stereocenters. The van der Waals surface area contributed by atoms with Gasteiger partial charge in [-0.05, 0) is 46.6 Å². The summed E-state index contributed by atoms with van der Waals surface area (Å²) in [5.41, 5.74) is 1.42. The average Bonchev–Trinajstić information content (AvgIpc) is 2.46. The first-order valence-corrected chi connectivity index (χ1v) is 7.31. The van der Waals surface area contributed by atoms with Crippen molar-refractivity contribution in [3.8, 4) is 5.75 Å². The SMILES string of the molecule is COc1cc(Cl)c(C)cc1NCc1c(F)ccc(Br)c1F. The molecule has 2 aromatic carbocycles. The summed E-state index contributed by atoms with van der Waals surface area (Å²) in [4.78, 5) is 0. The van der Waals surface area contributed by atoms with Crippen LogP contribution in [0.1, 0.15) is 11.1 Å². The van der Waals surface area contributed by atoms with Crippen LogP contribution in [0.3, 0.4) is 0 Å². The van der Waals surface area contributed by atoms with Gasteiger partial charge in [0.05, 0.1) is 17.3 Å². The normalized spacial score (nSPS) is 10.6. The molecule has 0 aliphatic heterocycles. The zero-order chi connectivity index (χ0) is 15.6. The fraction of sp³-hybridized carbons (Fsp3) is 0.200. The third-order valence-corrected chi connectivity index (χ3v) is 4.09. The number of nitrogens with one attached hydrogen (secondary N) is 1. The summed E-state index contributed by atoms with van der Waals surface area (Å²) < 4.78 is 33.0. The Morgan fingerprint density at radius 2 is 2.00 bits per heavy atom. The molecule has 0 aliphatic rings. The highest BCUT2D eigenvalue weighted by atomic mass is 79.9. The summed E-state index contributed by atoms with van der Waals surface area (Å²) in [7, 11) is 1.51. The standard InChI is InChI=1S/C15H13BrClF2NO/c1-8-5-13(14(21-2)6-11(8)17)20-7-9-12(18)4-3-10(16)15(9)19/h3-6,20H,7H2,1-2H3. The Morgan fingerprint density at radius 1 is 1.29 bits per heavy atom. The maximum atomic E-state index is 13.9. The topological polar surface area (TPSA) is 21.3 Å². The van der Waals surface area contributed by atoms with E-state index >= 15 is 0 Å². The van der Waals surface area contributed by atoms with E-state index in [4.69, 9.17) is 16.3 Å². The van der Waals surface area contributed by atoms with Gasteiger partial charge in [-0.25, -0.2) is 8.78 Å². The molecular formula is C15H13BrClF2NO. The number of methoxy groups -OCH3 is 1. The van der Waals surface area contributed by atoms with E-state index in [-0.39, 0.29) is 16.6 Å². The van der Waals surface area contributed by atoms with Crippen LogP contribution in [0.15, 0.2) is 28.7 Å². The van der Waals surface area contributed by atoms with Crippen LogP contribution in [0.5, 0.6) is 5.75 Å². The van der Waals surface area contributed by atoms with Gasteiger partial charge in [-0.2, -0.15) is 0 Å². The summed E-state index contributed by atoms with van der Waals surface area (Å²) in [5.74, 6) is -0.707. The van der Waals surface area contributed by atoms with Crippen LogP contribution in [-0.2, 0) is 6.54 Å². The number of hydrogen-bond acceptors (Lipinski definition) is 2. The van der Waals surface area contributed by atoms with Gasteiger partial charge >= 0.3 is 0 Å². The fourth-order valence-corrected chi connectivity index (χ4v) is 2.41. The van der Waals surface area contributed by atoms with Crippen LogP contribution >= 0.6 is 27.5 Å². The number of anilines is 1. The second-order valence-electron chi connectivity index (χ2n) is 4.48. The maximum absolute atomic E-state index is 13.9. The van der Waals surface area contributed by atoms with Crippen molar-refractivity contribution >= 4 is 33.2 Å². The first kappa shape index (κ1) is 16.0. The van der Waals surface area contributed by atoms with E-state index in [0.717, 1.165) is 5.56 Å². The first-order chi connectivity index (χ1) is 9.93. The van der Waals surface area contributed by atoms with E-state index in [1.807, 2.05) is 6.92 Å². The largest absolute Gasteiger partial charge is 0.495 e. The lowest BCUT2D eigenvalue weighted by Crippen LogP contribution is -2.06. The molecule has 0 radical (unpaired) electrons. The van der Waals surface area contributed by atoms with Gasteiger partial charge in [-0.3, -0.25) is 0 Å². The Hall–Kier alpha value is -1.33. The zero-order valence-electron chi connectivity index (χ0n) is 11.4. The lowest BCUT2D eigenvalue weighted by Gasteiger charge is -2.14. The van der Waals surface area contributed by atoms with Crippen molar-refractivity contribution < 1.29 is 13.5 Å². The van der Waals surface area contributed by atoms with Crippen LogP contribution in [0.25, 0.3) is 0 Å². The molecule has 0 bridgehead atoms. The van der Waals surface area contributed by atoms with Crippen LogP contribution in [0.2, 0.25) is 5.02 Å². The molecule has 0 amide bonds. The molecule has 1 N–H and O–H groups in total. The van der Waals surface area contributed by atoms with E-state index in [1.165, 1.54) is 19.2 Å². The number of hydrogen-bond donors (Lipinski definition) is 1. The minimum atomic E-state index is -0.618. The molecule has 6 heteroatoms. The lowest BCUT2D eigenvalue weighted by molar-refractivity contribution is 0.416. The highest BCUT2D eigenvalue weighted by Gasteiger charge is 2.13. The van der Waals surface area contributed by atoms with Crippen LogP contribution < -0.4 is 10.1 Å². The van der Waals surface area contributed by atoms with E-state index < -0.39 is 11.6 Å². The van der Waals surface area contributed by atoms with Crippen molar-refractivity contribution in [3.63, 3.8) is 0 Å². The van der Waals surface area contributed by atoms with E-state index in [1.54, 1.807) is 12.1 Å². The number of benzene rings is 2. The predicted molar refractivity (Wildman–Crippen MR) is 84.1 cm³/mol. The second-order valence-corrected chi connectivity index (χ2v) is 5.74. The van der Waals surface area contributed by atoms with E-state index in [2.05, 4.69) is 21.2 Å². The molecule has 0 heterocycles. The van der Waals surface area contributed by atoms with Crippen molar-refractivity contribution in [1.29, 1.82) is 0 Å². The molecule has 0 saturated heterocycles. The zero-order valence-corrected chi connectivity index (χ0v) is 13.8. The van der Waals surface area contributed by atoms with Crippen molar-refractivity contribution in [2.45, 2.75) is 13.5 Å². The van der Waals surface area contributed by atoms with Crippen molar-refractivity contribution in [2.24, 2.45) is 0 Å². The van der Waals surface area contributed by atoms with E-state index in [0.29, 0.717) is 16.5 Å². The van der Waals surface area contributed by atoms with Gasteiger partial charge in [0.2, 0.25) is 0 Å². The van der Waals surface area contributed by atoms with Gasteiger partial charge in [0.1, 0.15) is 17.4 Å².